The molecule has 4 heteroatoms. The molecule has 3 aromatic carbocycles. The molecule has 0 unspecified atom stereocenters. The summed E-state index contributed by atoms with van der Waals surface area (Å²) in [7, 11) is 1.66. The first kappa shape index (κ1) is 20.3. The van der Waals surface area contributed by atoms with Crippen LogP contribution < -0.4 is 18.9 Å². The second-order valence-electron chi connectivity index (χ2n) is 8.53. The van der Waals surface area contributed by atoms with Gasteiger partial charge in [-0.2, -0.15) is 0 Å². The Morgan fingerprint density at radius 1 is 1.00 bits per heavy atom. The van der Waals surface area contributed by atoms with Crippen LogP contribution in [0.2, 0.25) is 0 Å². The van der Waals surface area contributed by atoms with Gasteiger partial charge in [0.2, 0.25) is 0 Å². The van der Waals surface area contributed by atoms with E-state index in [1.54, 1.807) is 7.11 Å². The van der Waals surface area contributed by atoms with Crippen LogP contribution in [-0.2, 0) is 6.61 Å². The monoisotopic (exact) mass is 426 g/mol. The van der Waals surface area contributed by atoms with Crippen LogP contribution in [0.4, 0.5) is 0 Å². The predicted octanol–water partition coefficient (Wildman–Crippen LogP) is 6.39. The van der Waals surface area contributed by atoms with Crippen molar-refractivity contribution < 1.29 is 18.9 Å². The summed E-state index contributed by atoms with van der Waals surface area (Å²) >= 11 is 0. The minimum Gasteiger partial charge on any atom is -0.497 e. The lowest BCUT2D eigenvalue weighted by Gasteiger charge is -2.30. The Morgan fingerprint density at radius 3 is 2.66 bits per heavy atom. The highest BCUT2D eigenvalue weighted by atomic mass is 16.5. The van der Waals surface area contributed by atoms with Crippen molar-refractivity contribution in [3.8, 4) is 23.0 Å². The van der Waals surface area contributed by atoms with E-state index in [1.807, 2.05) is 56.3 Å². The molecule has 0 spiro atoms. The maximum absolute atomic E-state index is 6.25. The number of fused-ring (bicyclic) bond motifs is 3. The maximum atomic E-state index is 6.25. The number of methoxy groups -OCH3 is 1. The summed E-state index contributed by atoms with van der Waals surface area (Å²) in [5, 5.41) is 0. The molecule has 162 valence electrons. The first-order chi connectivity index (χ1) is 15.5. The largest absolute Gasteiger partial charge is 0.497 e. The molecule has 5 rings (SSSR count). The molecule has 0 aromatic heterocycles. The molecule has 0 saturated heterocycles. The molecule has 2 aliphatic heterocycles. The lowest BCUT2D eigenvalue weighted by molar-refractivity contribution is 0.158. The van der Waals surface area contributed by atoms with Crippen molar-refractivity contribution >= 4 is 17.7 Å². The summed E-state index contributed by atoms with van der Waals surface area (Å²) in [6.07, 6.45) is 6.33. The molecule has 0 aliphatic carbocycles. The van der Waals surface area contributed by atoms with Crippen molar-refractivity contribution in [3.63, 3.8) is 0 Å². The third kappa shape index (κ3) is 3.96. The Bertz CT molecular complexity index is 1210. The van der Waals surface area contributed by atoms with Gasteiger partial charge >= 0.3 is 0 Å². The van der Waals surface area contributed by atoms with Gasteiger partial charge in [0.05, 0.1) is 12.7 Å². The number of benzene rings is 3. The minimum atomic E-state index is -0.314. The van der Waals surface area contributed by atoms with E-state index in [-0.39, 0.29) is 5.60 Å². The highest BCUT2D eigenvalue weighted by Gasteiger charge is 2.27. The Kier molecular flexibility index (Phi) is 5.14. The third-order valence-corrected chi connectivity index (χ3v) is 5.68. The number of hydrogen-bond donors (Lipinski definition) is 0. The molecule has 0 N–H and O–H groups in total. The lowest BCUT2D eigenvalue weighted by Crippen LogP contribution is -2.27. The van der Waals surface area contributed by atoms with Crippen molar-refractivity contribution in [2.24, 2.45) is 0 Å². The van der Waals surface area contributed by atoms with Gasteiger partial charge < -0.3 is 18.9 Å². The van der Waals surface area contributed by atoms with Crippen LogP contribution in [0.3, 0.4) is 0 Å². The van der Waals surface area contributed by atoms with E-state index in [0.29, 0.717) is 13.2 Å². The molecule has 0 atom stereocenters. The van der Waals surface area contributed by atoms with E-state index in [4.69, 9.17) is 18.9 Å². The van der Waals surface area contributed by atoms with E-state index in [2.05, 4.69) is 36.4 Å². The summed E-state index contributed by atoms with van der Waals surface area (Å²) in [6, 6.07) is 20.1. The van der Waals surface area contributed by atoms with Crippen LogP contribution in [-0.4, -0.2) is 19.3 Å². The van der Waals surface area contributed by atoms with Crippen LogP contribution in [0.5, 0.6) is 23.0 Å². The van der Waals surface area contributed by atoms with Gasteiger partial charge in [0.1, 0.15) is 41.8 Å². The van der Waals surface area contributed by atoms with Crippen molar-refractivity contribution in [3.05, 3.63) is 89.0 Å². The lowest BCUT2D eigenvalue weighted by atomic mass is 9.95. The normalized spacial score (nSPS) is 15.5. The minimum absolute atomic E-state index is 0.314. The summed E-state index contributed by atoms with van der Waals surface area (Å²) < 4.78 is 24.0. The van der Waals surface area contributed by atoms with Gasteiger partial charge in [-0.25, -0.2) is 0 Å². The molecule has 0 saturated carbocycles. The van der Waals surface area contributed by atoms with E-state index < -0.39 is 0 Å². The Morgan fingerprint density at radius 2 is 1.84 bits per heavy atom. The summed E-state index contributed by atoms with van der Waals surface area (Å²) in [6.45, 7) is 5.03. The maximum Gasteiger partial charge on any atom is 0.137 e. The van der Waals surface area contributed by atoms with Crippen molar-refractivity contribution in [1.29, 1.82) is 0 Å². The number of ether oxygens (including phenoxy) is 4. The van der Waals surface area contributed by atoms with Crippen LogP contribution in [0.25, 0.3) is 17.7 Å². The average molecular weight is 427 g/mol. The predicted molar refractivity (Wildman–Crippen MR) is 127 cm³/mol. The standard InChI is InChI=1S/C28H26O4/c1-28(2)14-13-24-25(32-28)12-9-20-15-21(18-31-27(20)24)23-11-10-22(29-3)16-26(23)30-17-19-7-5-4-6-8-19/h4-16H,17-18H2,1-3H3. The zero-order valence-corrected chi connectivity index (χ0v) is 18.6. The molecule has 2 heterocycles. The molecular weight excluding hydrogens is 400 g/mol. The quantitative estimate of drug-likeness (QED) is 0.474. The van der Waals surface area contributed by atoms with E-state index >= 15 is 0 Å². The Hall–Kier alpha value is -3.66. The van der Waals surface area contributed by atoms with Gasteiger partial charge in [-0.1, -0.05) is 30.3 Å². The first-order valence-corrected chi connectivity index (χ1v) is 10.8. The van der Waals surface area contributed by atoms with Crippen molar-refractivity contribution in [1.82, 2.24) is 0 Å². The molecule has 0 bridgehead atoms. The molecule has 3 aromatic rings. The summed E-state index contributed by atoms with van der Waals surface area (Å²) in [4.78, 5) is 0. The molecule has 2 aliphatic rings. The summed E-state index contributed by atoms with van der Waals surface area (Å²) in [5.74, 6) is 3.24. The fraction of sp³-hybridized carbons (Fsp3) is 0.214. The average Bonchev–Trinajstić information content (AvgIpc) is 2.82. The summed E-state index contributed by atoms with van der Waals surface area (Å²) in [5.41, 5.74) is 4.88. The number of rotatable bonds is 5. The van der Waals surface area contributed by atoms with E-state index in [9.17, 15) is 0 Å². The van der Waals surface area contributed by atoms with Gasteiger partial charge in [-0.15, -0.1) is 0 Å². The van der Waals surface area contributed by atoms with E-state index in [1.165, 1.54) is 0 Å². The fourth-order valence-corrected chi connectivity index (χ4v) is 4.01. The van der Waals surface area contributed by atoms with E-state index in [0.717, 1.165) is 50.8 Å². The molecule has 0 fully saturated rings. The van der Waals surface area contributed by atoms with Crippen LogP contribution in [0.15, 0.2) is 66.7 Å². The van der Waals surface area contributed by atoms with Crippen molar-refractivity contribution in [2.45, 2.75) is 26.1 Å². The number of hydrogen-bond acceptors (Lipinski definition) is 4. The third-order valence-electron chi connectivity index (χ3n) is 5.68. The van der Waals surface area contributed by atoms with Gasteiger partial charge in [0, 0.05) is 22.8 Å². The smallest absolute Gasteiger partial charge is 0.137 e. The fourth-order valence-electron chi connectivity index (χ4n) is 4.01. The van der Waals surface area contributed by atoms with Gasteiger partial charge in [-0.3, -0.25) is 0 Å². The zero-order valence-electron chi connectivity index (χ0n) is 18.6. The molecule has 0 amide bonds. The van der Waals surface area contributed by atoms with Gasteiger partial charge in [-0.05, 0) is 61.9 Å². The first-order valence-electron chi connectivity index (χ1n) is 10.8. The van der Waals surface area contributed by atoms with Crippen LogP contribution in [0.1, 0.15) is 36.1 Å². The Labute approximate surface area is 188 Å². The second kappa shape index (κ2) is 8.12. The zero-order chi connectivity index (χ0) is 22.1. The Balaban J connectivity index is 1.48. The SMILES string of the molecule is COc1ccc(C2=Cc3ccc4c(c3OC2)C=CC(C)(C)O4)c(OCc2ccccc2)c1. The van der Waals surface area contributed by atoms with Crippen LogP contribution in [0, 0.1) is 0 Å². The molecule has 0 radical (unpaired) electrons. The molecule has 4 nitrogen and oxygen atoms in total. The van der Waals surface area contributed by atoms with Gasteiger partial charge in [0.25, 0.3) is 0 Å². The highest BCUT2D eigenvalue weighted by Crippen LogP contribution is 2.43. The second-order valence-corrected chi connectivity index (χ2v) is 8.53. The highest BCUT2D eigenvalue weighted by molar-refractivity contribution is 5.90. The van der Waals surface area contributed by atoms with Crippen molar-refractivity contribution in [2.75, 3.05) is 13.7 Å². The van der Waals surface area contributed by atoms with Gasteiger partial charge in [0.15, 0.2) is 0 Å². The topological polar surface area (TPSA) is 36.9 Å². The molecular formula is C28H26O4. The van der Waals surface area contributed by atoms with Crippen LogP contribution >= 0.6 is 0 Å². The molecule has 32 heavy (non-hydrogen) atoms.